The number of nitrogens with zero attached hydrogens (tertiary/aromatic N) is 1. The molecule has 1 unspecified atom stereocenters. The molecule has 0 aromatic carbocycles. The van der Waals surface area contributed by atoms with Gasteiger partial charge < -0.3 is 14.1 Å². The molecule has 4 nitrogen and oxygen atoms in total. The molecule has 0 aliphatic carbocycles. The molecule has 0 radical (unpaired) electrons. The maximum atomic E-state index is 12.7. The number of rotatable bonds is 6. The number of hydrogen-bond donors (Lipinski definition) is 0. The summed E-state index contributed by atoms with van der Waals surface area (Å²) < 4.78 is 10.8. The van der Waals surface area contributed by atoms with Crippen molar-refractivity contribution in [1.82, 2.24) is 4.90 Å². The molecule has 4 heteroatoms. The van der Waals surface area contributed by atoms with Gasteiger partial charge in [-0.05, 0) is 43.7 Å². The third-order valence-electron chi connectivity index (χ3n) is 4.49. The van der Waals surface area contributed by atoms with Gasteiger partial charge in [-0.2, -0.15) is 0 Å². The standard InChI is InChI=1S/C17H27NO3/c1-13(2)14(3)18(12-16-5-4-8-21-16)17(19)11-15-6-9-20-10-7-15/h4-5,8,13-15H,6-7,9-12H2,1-3H3. The zero-order valence-electron chi connectivity index (χ0n) is 13.4. The van der Waals surface area contributed by atoms with Gasteiger partial charge >= 0.3 is 0 Å². The van der Waals surface area contributed by atoms with Crippen LogP contribution in [0.3, 0.4) is 0 Å². The molecule has 0 saturated carbocycles. The molecule has 2 rings (SSSR count). The first-order chi connectivity index (χ1) is 10.1. The van der Waals surface area contributed by atoms with Gasteiger partial charge in [0.25, 0.3) is 0 Å². The fourth-order valence-electron chi connectivity index (χ4n) is 2.70. The molecule has 21 heavy (non-hydrogen) atoms. The molecular formula is C17H27NO3. The predicted octanol–water partition coefficient (Wildman–Crippen LogP) is 3.47. The van der Waals surface area contributed by atoms with Crippen molar-refractivity contribution in [1.29, 1.82) is 0 Å². The summed E-state index contributed by atoms with van der Waals surface area (Å²) in [6.45, 7) is 8.57. The number of carbonyl (C=O) groups is 1. The predicted molar refractivity (Wildman–Crippen MR) is 81.7 cm³/mol. The number of carbonyl (C=O) groups excluding carboxylic acids is 1. The van der Waals surface area contributed by atoms with Gasteiger partial charge in [-0.1, -0.05) is 13.8 Å². The maximum Gasteiger partial charge on any atom is 0.223 e. The molecule has 1 aliphatic rings. The number of furan rings is 1. The Morgan fingerprint density at radius 3 is 2.62 bits per heavy atom. The van der Waals surface area contributed by atoms with Crippen molar-refractivity contribution in [3.8, 4) is 0 Å². The fraction of sp³-hybridized carbons (Fsp3) is 0.706. The molecule has 1 aromatic rings. The summed E-state index contributed by atoms with van der Waals surface area (Å²) >= 11 is 0. The summed E-state index contributed by atoms with van der Waals surface area (Å²) in [5, 5.41) is 0. The minimum atomic E-state index is 0.211. The van der Waals surface area contributed by atoms with Crippen molar-refractivity contribution in [3.63, 3.8) is 0 Å². The van der Waals surface area contributed by atoms with Crippen LogP contribution in [-0.4, -0.2) is 30.1 Å². The second-order valence-corrected chi connectivity index (χ2v) is 6.35. The highest BCUT2D eigenvalue weighted by Crippen LogP contribution is 2.23. The molecule has 1 amide bonds. The summed E-state index contributed by atoms with van der Waals surface area (Å²) in [4.78, 5) is 14.7. The van der Waals surface area contributed by atoms with Crippen LogP contribution in [0.5, 0.6) is 0 Å². The van der Waals surface area contributed by atoms with Crippen LogP contribution in [0.1, 0.15) is 45.8 Å². The normalized spacial score (nSPS) is 17.9. The average Bonchev–Trinajstić information content (AvgIpc) is 2.98. The molecule has 2 heterocycles. The molecule has 1 atom stereocenters. The molecule has 0 spiro atoms. The van der Waals surface area contributed by atoms with Crippen LogP contribution in [-0.2, 0) is 16.1 Å². The highest BCUT2D eigenvalue weighted by molar-refractivity contribution is 5.76. The Morgan fingerprint density at radius 1 is 1.33 bits per heavy atom. The Balaban J connectivity index is 2.00. The van der Waals surface area contributed by atoms with Gasteiger partial charge in [0.2, 0.25) is 5.91 Å². The smallest absolute Gasteiger partial charge is 0.223 e. The first-order valence-corrected chi connectivity index (χ1v) is 7.97. The van der Waals surface area contributed by atoms with Crippen LogP contribution in [0.25, 0.3) is 0 Å². The number of amides is 1. The van der Waals surface area contributed by atoms with Crippen LogP contribution in [0, 0.1) is 11.8 Å². The third-order valence-corrected chi connectivity index (χ3v) is 4.49. The van der Waals surface area contributed by atoms with Gasteiger partial charge in [0.1, 0.15) is 5.76 Å². The fourth-order valence-corrected chi connectivity index (χ4v) is 2.70. The van der Waals surface area contributed by atoms with E-state index in [1.807, 2.05) is 17.0 Å². The number of hydrogen-bond acceptors (Lipinski definition) is 3. The van der Waals surface area contributed by atoms with Crippen LogP contribution < -0.4 is 0 Å². The summed E-state index contributed by atoms with van der Waals surface area (Å²) in [7, 11) is 0. The van der Waals surface area contributed by atoms with Gasteiger partial charge in [-0.15, -0.1) is 0 Å². The van der Waals surface area contributed by atoms with Gasteiger partial charge in [-0.3, -0.25) is 4.79 Å². The Kier molecular flexibility index (Phi) is 5.85. The first kappa shape index (κ1) is 16.1. The lowest BCUT2D eigenvalue weighted by Gasteiger charge is -2.33. The van der Waals surface area contributed by atoms with Crippen molar-refractivity contribution in [2.75, 3.05) is 13.2 Å². The highest BCUT2D eigenvalue weighted by atomic mass is 16.5. The van der Waals surface area contributed by atoms with Crippen molar-refractivity contribution in [2.45, 2.75) is 52.6 Å². The number of ether oxygens (including phenoxy) is 1. The van der Waals surface area contributed by atoms with E-state index in [0.717, 1.165) is 31.8 Å². The van der Waals surface area contributed by atoms with Crippen molar-refractivity contribution >= 4 is 5.91 Å². The second kappa shape index (κ2) is 7.64. The zero-order chi connectivity index (χ0) is 15.2. The Labute approximate surface area is 127 Å². The van der Waals surface area contributed by atoms with E-state index in [4.69, 9.17) is 9.15 Å². The van der Waals surface area contributed by atoms with Crippen molar-refractivity contribution in [3.05, 3.63) is 24.2 Å². The van der Waals surface area contributed by atoms with Crippen molar-refractivity contribution in [2.24, 2.45) is 11.8 Å². The lowest BCUT2D eigenvalue weighted by Crippen LogP contribution is -2.42. The molecule has 1 aliphatic heterocycles. The van der Waals surface area contributed by atoms with E-state index in [-0.39, 0.29) is 11.9 Å². The second-order valence-electron chi connectivity index (χ2n) is 6.35. The molecule has 1 aromatic heterocycles. The van der Waals surface area contributed by atoms with E-state index >= 15 is 0 Å². The lowest BCUT2D eigenvalue weighted by atomic mass is 9.95. The molecular weight excluding hydrogens is 266 g/mol. The van der Waals surface area contributed by atoms with E-state index in [1.54, 1.807) is 6.26 Å². The minimum Gasteiger partial charge on any atom is -0.467 e. The lowest BCUT2D eigenvalue weighted by molar-refractivity contribution is -0.136. The Morgan fingerprint density at radius 2 is 2.05 bits per heavy atom. The quantitative estimate of drug-likeness (QED) is 0.806. The Hall–Kier alpha value is -1.29. The highest BCUT2D eigenvalue weighted by Gasteiger charge is 2.26. The van der Waals surface area contributed by atoms with Gasteiger partial charge in [-0.25, -0.2) is 0 Å². The molecule has 118 valence electrons. The Bertz CT molecular complexity index is 421. The SMILES string of the molecule is CC(C)C(C)N(Cc1ccco1)C(=O)CC1CCOCC1. The summed E-state index contributed by atoms with van der Waals surface area (Å²) in [5.74, 6) is 1.98. The topological polar surface area (TPSA) is 42.7 Å². The molecule has 0 bridgehead atoms. The van der Waals surface area contributed by atoms with Gasteiger partial charge in [0, 0.05) is 25.7 Å². The van der Waals surface area contributed by atoms with Crippen LogP contribution in [0.4, 0.5) is 0 Å². The van der Waals surface area contributed by atoms with Gasteiger partial charge in [0.05, 0.1) is 12.8 Å². The molecule has 1 fully saturated rings. The van der Waals surface area contributed by atoms with Crippen molar-refractivity contribution < 1.29 is 13.9 Å². The largest absolute Gasteiger partial charge is 0.467 e. The van der Waals surface area contributed by atoms with E-state index in [2.05, 4.69) is 20.8 Å². The van der Waals surface area contributed by atoms with E-state index in [9.17, 15) is 4.79 Å². The van der Waals surface area contributed by atoms with Crippen LogP contribution in [0.2, 0.25) is 0 Å². The monoisotopic (exact) mass is 293 g/mol. The minimum absolute atomic E-state index is 0.211. The van der Waals surface area contributed by atoms with E-state index in [1.165, 1.54) is 0 Å². The molecule has 1 saturated heterocycles. The molecule has 0 N–H and O–H groups in total. The summed E-state index contributed by atoms with van der Waals surface area (Å²) in [5.41, 5.74) is 0. The summed E-state index contributed by atoms with van der Waals surface area (Å²) in [6, 6.07) is 4.01. The van der Waals surface area contributed by atoms with Crippen LogP contribution in [0.15, 0.2) is 22.8 Å². The van der Waals surface area contributed by atoms with E-state index in [0.29, 0.717) is 24.8 Å². The van der Waals surface area contributed by atoms with Crippen LogP contribution >= 0.6 is 0 Å². The third kappa shape index (κ3) is 4.60. The average molecular weight is 293 g/mol. The maximum absolute atomic E-state index is 12.7. The summed E-state index contributed by atoms with van der Waals surface area (Å²) in [6.07, 6.45) is 4.28. The van der Waals surface area contributed by atoms with E-state index < -0.39 is 0 Å². The zero-order valence-corrected chi connectivity index (χ0v) is 13.4. The van der Waals surface area contributed by atoms with Gasteiger partial charge in [0.15, 0.2) is 0 Å². The first-order valence-electron chi connectivity index (χ1n) is 7.97.